The number of carboxylic acids is 2. The monoisotopic (exact) mass is 510 g/mol. The van der Waals surface area contributed by atoms with Gasteiger partial charge in [-0.25, -0.2) is 19.2 Å². The van der Waals surface area contributed by atoms with Crippen molar-refractivity contribution in [2.24, 2.45) is 0 Å². The van der Waals surface area contributed by atoms with Crippen molar-refractivity contribution in [2.45, 2.75) is 6.42 Å². The fourth-order valence-electron chi connectivity index (χ4n) is 2.69. The Kier molecular flexibility index (Phi) is 10.7. The second-order valence-corrected chi connectivity index (χ2v) is 7.23. The second-order valence-electron chi connectivity index (χ2n) is 7.23. The minimum atomic E-state index is -1.31. The standard InChI is InChI=1S/C25H22N2O10/c28-20(14-36-24(34)11-9-22(30)31)26-18-5-1-16(2-6-18)13-17-3-7-19(8-4-17)27-21(29)15-37-25(35)12-10-23(32)33/h1-12H,13-15H2,(H,26,28)(H,27,29)(H,30,31)(H,32,33)/b11-9+,12-10+. The molecule has 12 heteroatoms. The molecule has 0 heterocycles. The van der Waals surface area contributed by atoms with E-state index in [1.54, 1.807) is 48.5 Å². The van der Waals surface area contributed by atoms with E-state index in [9.17, 15) is 28.8 Å². The van der Waals surface area contributed by atoms with Crippen LogP contribution in [0.3, 0.4) is 0 Å². The second kappa shape index (κ2) is 14.2. The van der Waals surface area contributed by atoms with E-state index in [0.717, 1.165) is 11.1 Å². The molecule has 2 amide bonds. The van der Waals surface area contributed by atoms with Gasteiger partial charge in [0.2, 0.25) is 0 Å². The molecule has 0 unspecified atom stereocenters. The summed E-state index contributed by atoms with van der Waals surface area (Å²) in [6.45, 7) is -1.14. The van der Waals surface area contributed by atoms with E-state index >= 15 is 0 Å². The number of benzene rings is 2. The molecule has 0 saturated heterocycles. The predicted molar refractivity (Wildman–Crippen MR) is 128 cm³/mol. The third-order valence-corrected chi connectivity index (χ3v) is 4.30. The maximum absolute atomic E-state index is 11.9. The number of hydrogen-bond acceptors (Lipinski definition) is 8. The summed E-state index contributed by atoms with van der Waals surface area (Å²) in [4.78, 5) is 67.0. The molecule has 0 spiro atoms. The van der Waals surface area contributed by atoms with Crippen molar-refractivity contribution in [1.82, 2.24) is 0 Å². The zero-order valence-electron chi connectivity index (χ0n) is 19.2. The summed E-state index contributed by atoms with van der Waals surface area (Å²) in [7, 11) is 0. The van der Waals surface area contributed by atoms with Gasteiger partial charge in [-0.15, -0.1) is 0 Å². The highest BCUT2D eigenvalue weighted by Crippen LogP contribution is 2.16. The summed E-state index contributed by atoms with van der Waals surface area (Å²) in [5.41, 5.74) is 2.81. The van der Waals surface area contributed by atoms with Crippen LogP contribution in [0.1, 0.15) is 11.1 Å². The van der Waals surface area contributed by atoms with Crippen molar-refractivity contribution in [3.05, 3.63) is 84.0 Å². The van der Waals surface area contributed by atoms with Gasteiger partial charge in [-0.3, -0.25) is 9.59 Å². The van der Waals surface area contributed by atoms with Gasteiger partial charge in [-0.05, 0) is 41.8 Å². The molecule has 0 bridgehead atoms. The number of nitrogens with one attached hydrogen (secondary N) is 2. The lowest BCUT2D eigenvalue weighted by Crippen LogP contribution is -2.20. The van der Waals surface area contributed by atoms with E-state index in [1.807, 2.05) is 0 Å². The molecule has 2 aromatic rings. The van der Waals surface area contributed by atoms with Gasteiger partial charge in [-0.2, -0.15) is 0 Å². The van der Waals surface area contributed by atoms with Crippen LogP contribution in [0.2, 0.25) is 0 Å². The number of amides is 2. The Balaban J connectivity index is 1.78. The normalized spacial score (nSPS) is 10.6. The van der Waals surface area contributed by atoms with Crippen molar-refractivity contribution in [3.63, 3.8) is 0 Å². The molecular formula is C25H22N2O10. The van der Waals surface area contributed by atoms with Gasteiger partial charge in [0.1, 0.15) is 0 Å². The van der Waals surface area contributed by atoms with Gasteiger partial charge < -0.3 is 30.3 Å². The van der Waals surface area contributed by atoms with Crippen molar-refractivity contribution in [3.8, 4) is 0 Å². The minimum absolute atomic E-state index is 0.475. The predicted octanol–water partition coefficient (Wildman–Crippen LogP) is 1.52. The van der Waals surface area contributed by atoms with E-state index in [-0.39, 0.29) is 0 Å². The van der Waals surface area contributed by atoms with Crippen LogP contribution < -0.4 is 10.6 Å². The minimum Gasteiger partial charge on any atom is -0.478 e. The van der Waals surface area contributed by atoms with Crippen LogP contribution in [0.15, 0.2) is 72.8 Å². The first-order chi connectivity index (χ1) is 17.6. The zero-order valence-corrected chi connectivity index (χ0v) is 19.2. The third-order valence-electron chi connectivity index (χ3n) is 4.30. The van der Waals surface area contributed by atoms with E-state index in [0.29, 0.717) is 42.1 Å². The first-order valence-corrected chi connectivity index (χ1v) is 10.5. The third kappa shape index (κ3) is 11.6. The molecule has 0 saturated carbocycles. The number of anilines is 2. The molecule has 12 nitrogen and oxygen atoms in total. The molecular weight excluding hydrogens is 488 g/mol. The fourth-order valence-corrected chi connectivity index (χ4v) is 2.69. The first-order valence-electron chi connectivity index (χ1n) is 10.5. The molecule has 2 rings (SSSR count). The summed E-state index contributed by atoms with van der Waals surface area (Å²) in [6, 6.07) is 13.8. The molecule has 0 aliphatic rings. The molecule has 0 radical (unpaired) electrons. The molecule has 192 valence electrons. The van der Waals surface area contributed by atoms with Gasteiger partial charge in [-0.1, -0.05) is 24.3 Å². The lowest BCUT2D eigenvalue weighted by molar-refractivity contribution is -0.142. The largest absolute Gasteiger partial charge is 0.478 e. The van der Waals surface area contributed by atoms with Crippen molar-refractivity contribution in [1.29, 1.82) is 0 Å². The average molecular weight is 510 g/mol. The lowest BCUT2D eigenvalue weighted by Gasteiger charge is -2.08. The van der Waals surface area contributed by atoms with Gasteiger partial charge in [0, 0.05) is 35.7 Å². The molecule has 4 N–H and O–H groups in total. The molecule has 0 fully saturated rings. The Morgan fingerprint density at radius 1 is 0.595 bits per heavy atom. The summed E-state index contributed by atoms with van der Waals surface area (Å²) in [5, 5.41) is 22.0. The number of carboxylic acid groups (broad SMARTS) is 2. The van der Waals surface area contributed by atoms with Gasteiger partial charge >= 0.3 is 23.9 Å². The van der Waals surface area contributed by atoms with Gasteiger partial charge in [0.05, 0.1) is 0 Å². The van der Waals surface area contributed by atoms with Crippen LogP contribution in [0.4, 0.5) is 11.4 Å². The van der Waals surface area contributed by atoms with Crippen LogP contribution >= 0.6 is 0 Å². The maximum atomic E-state index is 11.9. The Morgan fingerprint density at radius 3 is 1.27 bits per heavy atom. The SMILES string of the molecule is O=C(O)/C=C/C(=O)OCC(=O)Nc1ccc(Cc2ccc(NC(=O)COC(=O)/C=C/C(=O)O)cc2)cc1. The van der Waals surface area contributed by atoms with Gasteiger partial charge in [0.25, 0.3) is 11.8 Å². The quantitative estimate of drug-likeness (QED) is 0.241. The van der Waals surface area contributed by atoms with Gasteiger partial charge in [0.15, 0.2) is 13.2 Å². The zero-order chi connectivity index (χ0) is 27.2. The van der Waals surface area contributed by atoms with E-state index in [2.05, 4.69) is 20.1 Å². The number of esters is 2. The highest BCUT2D eigenvalue weighted by Gasteiger charge is 2.08. The lowest BCUT2D eigenvalue weighted by atomic mass is 10.0. The number of carbonyl (C=O) groups is 6. The molecule has 37 heavy (non-hydrogen) atoms. The van der Waals surface area contributed by atoms with Crippen LogP contribution in [-0.2, 0) is 44.7 Å². The molecule has 2 aromatic carbocycles. The summed E-state index contributed by atoms with van der Waals surface area (Å²) < 4.78 is 9.27. The van der Waals surface area contributed by atoms with Crippen LogP contribution in [0, 0.1) is 0 Å². The van der Waals surface area contributed by atoms with Crippen LogP contribution in [0.25, 0.3) is 0 Å². The van der Waals surface area contributed by atoms with Crippen LogP contribution in [-0.4, -0.2) is 59.1 Å². The molecule has 0 aromatic heterocycles. The highest BCUT2D eigenvalue weighted by molar-refractivity contribution is 5.96. The van der Waals surface area contributed by atoms with Crippen LogP contribution in [0.5, 0.6) is 0 Å². The topological polar surface area (TPSA) is 185 Å². The van der Waals surface area contributed by atoms with Crippen molar-refractivity contribution >= 4 is 47.1 Å². The van der Waals surface area contributed by atoms with E-state index in [4.69, 9.17) is 10.2 Å². The Labute approximate surface area is 210 Å². The smallest absolute Gasteiger partial charge is 0.331 e. The number of hydrogen-bond donors (Lipinski definition) is 4. The van der Waals surface area contributed by atoms with E-state index in [1.165, 1.54) is 0 Å². The molecule has 0 aliphatic heterocycles. The molecule has 0 aliphatic carbocycles. The summed E-state index contributed by atoms with van der Waals surface area (Å²) >= 11 is 0. The van der Waals surface area contributed by atoms with Crippen molar-refractivity contribution < 1.29 is 48.5 Å². The van der Waals surface area contributed by atoms with E-state index < -0.39 is 48.9 Å². The fraction of sp³-hybridized carbons (Fsp3) is 0.120. The Bertz CT molecular complexity index is 1120. The summed E-state index contributed by atoms with van der Waals surface area (Å²) in [6.07, 6.45) is 3.17. The number of aliphatic carboxylic acids is 2. The molecule has 0 atom stereocenters. The number of carbonyl (C=O) groups excluding carboxylic acids is 4. The Hall–Kier alpha value is -5.26. The number of ether oxygens (including phenoxy) is 2. The number of rotatable bonds is 12. The highest BCUT2D eigenvalue weighted by atomic mass is 16.5. The van der Waals surface area contributed by atoms with Crippen molar-refractivity contribution in [2.75, 3.05) is 23.8 Å². The Morgan fingerprint density at radius 2 is 0.946 bits per heavy atom. The summed E-state index contributed by atoms with van der Waals surface area (Å²) in [5.74, 6) is -5.70. The first kappa shape index (κ1) is 28.0. The maximum Gasteiger partial charge on any atom is 0.331 e. The average Bonchev–Trinajstić information content (AvgIpc) is 2.86.